The molecule has 1 N–H and O–H groups in total. The Morgan fingerprint density at radius 2 is 1.60 bits per heavy atom. The van der Waals surface area contributed by atoms with Gasteiger partial charge in [-0.15, -0.1) is 0 Å². The van der Waals surface area contributed by atoms with Crippen LogP contribution in [-0.4, -0.2) is 23.9 Å². The summed E-state index contributed by atoms with van der Waals surface area (Å²) in [6, 6.07) is 0. The molecular weight excluding hydrogens is 188 g/mol. The zero-order valence-electron chi connectivity index (χ0n) is 9.93. The van der Waals surface area contributed by atoms with E-state index in [1.807, 2.05) is 6.92 Å². The van der Waals surface area contributed by atoms with Gasteiger partial charge in [-0.25, -0.2) is 0 Å². The van der Waals surface area contributed by atoms with Crippen molar-refractivity contribution in [2.75, 3.05) is 13.2 Å². The molecule has 2 fully saturated rings. The number of hydrogen-bond donors (Lipinski definition) is 1. The first-order valence-corrected chi connectivity index (χ1v) is 6.48. The van der Waals surface area contributed by atoms with Crippen LogP contribution in [-0.2, 0) is 4.74 Å². The highest BCUT2D eigenvalue weighted by Gasteiger charge is 2.42. The van der Waals surface area contributed by atoms with Crippen molar-refractivity contribution >= 4 is 0 Å². The van der Waals surface area contributed by atoms with Gasteiger partial charge < -0.3 is 9.84 Å². The Bertz CT molecular complexity index is 197. The van der Waals surface area contributed by atoms with Gasteiger partial charge in [0.2, 0.25) is 0 Å². The van der Waals surface area contributed by atoms with Crippen molar-refractivity contribution in [3.8, 4) is 0 Å². The average Bonchev–Trinajstić information content (AvgIpc) is 2.70. The fourth-order valence-corrected chi connectivity index (χ4v) is 3.31. The Balaban J connectivity index is 1.85. The van der Waals surface area contributed by atoms with E-state index in [1.165, 1.54) is 38.5 Å². The summed E-state index contributed by atoms with van der Waals surface area (Å²) < 4.78 is 5.38. The summed E-state index contributed by atoms with van der Waals surface area (Å²) in [6.45, 7) is 3.25. The monoisotopic (exact) mass is 212 g/mol. The predicted molar refractivity (Wildman–Crippen MR) is 60.8 cm³/mol. The van der Waals surface area contributed by atoms with Crippen molar-refractivity contribution in [2.45, 2.75) is 63.9 Å². The third-order valence-corrected chi connectivity index (χ3v) is 4.48. The Kier molecular flexibility index (Phi) is 3.36. The molecule has 2 saturated carbocycles. The molecule has 0 aliphatic heterocycles. The average molecular weight is 212 g/mol. The highest BCUT2D eigenvalue weighted by molar-refractivity contribution is 4.95. The van der Waals surface area contributed by atoms with Crippen LogP contribution in [0.2, 0.25) is 0 Å². The molecule has 2 nitrogen and oxygen atoms in total. The van der Waals surface area contributed by atoms with E-state index in [2.05, 4.69) is 0 Å². The number of aliphatic hydroxyl groups is 1. The minimum Gasteiger partial charge on any atom is -0.387 e. The third-order valence-electron chi connectivity index (χ3n) is 4.48. The minimum absolute atomic E-state index is 0.510. The van der Waals surface area contributed by atoms with E-state index in [4.69, 9.17) is 4.74 Å². The maximum absolute atomic E-state index is 10.3. The van der Waals surface area contributed by atoms with Crippen molar-refractivity contribution in [3.63, 3.8) is 0 Å². The summed E-state index contributed by atoms with van der Waals surface area (Å²) >= 11 is 0. The van der Waals surface area contributed by atoms with E-state index in [1.54, 1.807) is 0 Å². The lowest BCUT2D eigenvalue weighted by molar-refractivity contribution is -0.0869. The largest absolute Gasteiger partial charge is 0.387 e. The van der Waals surface area contributed by atoms with Crippen molar-refractivity contribution in [3.05, 3.63) is 0 Å². The fraction of sp³-hybridized carbons (Fsp3) is 1.00. The second-order valence-electron chi connectivity index (χ2n) is 5.57. The van der Waals surface area contributed by atoms with Crippen LogP contribution in [0.4, 0.5) is 0 Å². The highest BCUT2D eigenvalue weighted by atomic mass is 16.5. The Morgan fingerprint density at radius 1 is 1.00 bits per heavy atom. The standard InChI is InChI=1S/C13H24O2/c1-2-15-11-13(14)9-7-12(8-10-13)5-3-4-6-12/h14H,2-11H2,1H3. The van der Waals surface area contributed by atoms with Crippen LogP contribution in [0.25, 0.3) is 0 Å². The van der Waals surface area contributed by atoms with Crippen LogP contribution >= 0.6 is 0 Å². The molecule has 2 aliphatic carbocycles. The molecule has 1 spiro atoms. The lowest BCUT2D eigenvalue weighted by atomic mass is 9.68. The smallest absolute Gasteiger partial charge is 0.0880 e. The third kappa shape index (κ3) is 2.54. The van der Waals surface area contributed by atoms with Gasteiger partial charge in [0.05, 0.1) is 12.2 Å². The Labute approximate surface area is 93.0 Å². The summed E-state index contributed by atoms with van der Waals surface area (Å²) in [5.41, 5.74) is 0.0995. The second kappa shape index (κ2) is 4.42. The topological polar surface area (TPSA) is 29.5 Å². The molecule has 2 heteroatoms. The predicted octanol–water partition coefficient (Wildman–Crippen LogP) is 2.89. The van der Waals surface area contributed by atoms with E-state index in [0.717, 1.165) is 12.8 Å². The van der Waals surface area contributed by atoms with Crippen molar-refractivity contribution in [2.24, 2.45) is 5.41 Å². The van der Waals surface area contributed by atoms with Crippen LogP contribution < -0.4 is 0 Å². The number of hydrogen-bond acceptors (Lipinski definition) is 2. The summed E-state index contributed by atoms with van der Waals surface area (Å²) in [5, 5.41) is 10.3. The molecular formula is C13H24O2. The first-order valence-electron chi connectivity index (χ1n) is 6.48. The van der Waals surface area contributed by atoms with Gasteiger partial charge >= 0.3 is 0 Å². The lowest BCUT2D eigenvalue weighted by Crippen LogP contribution is -2.41. The molecule has 0 aromatic carbocycles. The zero-order chi connectivity index (χ0) is 10.8. The molecule has 0 radical (unpaired) electrons. The number of rotatable bonds is 3. The van der Waals surface area contributed by atoms with Gasteiger partial charge in [0.25, 0.3) is 0 Å². The van der Waals surface area contributed by atoms with Crippen LogP contribution in [0, 0.1) is 5.41 Å². The lowest BCUT2D eigenvalue weighted by Gasteiger charge is -2.42. The van der Waals surface area contributed by atoms with Gasteiger partial charge in [-0.1, -0.05) is 12.8 Å². The molecule has 0 bridgehead atoms. The summed E-state index contributed by atoms with van der Waals surface area (Å²) in [5.74, 6) is 0. The first kappa shape index (κ1) is 11.4. The molecule has 0 heterocycles. The maximum atomic E-state index is 10.3. The maximum Gasteiger partial charge on any atom is 0.0880 e. The van der Waals surface area contributed by atoms with Gasteiger partial charge in [-0.2, -0.15) is 0 Å². The van der Waals surface area contributed by atoms with Gasteiger partial charge in [-0.05, 0) is 50.9 Å². The zero-order valence-corrected chi connectivity index (χ0v) is 9.93. The quantitative estimate of drug-likeness (QED) is 0.779. The molecule has 0 atom stereocenters. The molecule has 88 valence electrons. The Hall–Kier alpha value is -0.0800. The molecule has 0 aromatic rings. The normalized spacial score (nSPS) is 28.4. The van der Waals surface area contributed by atoms with Gasteiger partial charge in [0, 0.05) is 6.61 Å². The highest BCUT2D eigenvalue weighted by Crippen LogP contribution is 2.51. The van der Waals surface area contributed by atoms with Crippen molar-refractivity contribution < 1.29 is 9.84 Å². The van der Waals surface area contributed by atoms with Crippen molar-refractivity contribution in [1.29, 1.82) is 0 Å². The fourth-order valence-electron chi connectivity index (χ4n) is 3.31. The molecule has 15 heavy (non-hydrogen) atoms. The summed E-state index contributed by atoms with van der Waals surface area (Å²) in [7, 11) is 0. The van der Waals surface area contributed by atoms with Gasteiger partial charge in [-0.3, -0.25) is 0 Å². The molecule has 0 unspecified atom stereocenters. The Morgan fingerprint density at radius 3 is 2.13 bits per heavy atom. The van der Waals surface area contributed by atoms with E-state index in [9.17, 15) is 5.11 Å². The van der Waals surface area contributed by atoms with E-state index in [0.29, 0.717) is 18.6 Å². The minimum atomic E-state index is -0.510. The van der Waals surface area contributed by atoms with Crippen LogP contribution in [0.3, 0.4) is 0 Å². The second-order valence-corrected chi connectivity index (χ2v) is 5.57. The SMILES string of the molecule is CCOCC1(O)CCC2(CCCC2)CC1. The van der Waals surface area contributed by atoms with Crippen LogP contribution in [0.15, 0.2) is 0 Å². The molecule has 0 amide bonds. The number of ether oxygens (including phenoxy) is 1. The van der Waals surface area contributed by atoms with E-state index in [-0.39, 0.29) is 0 Å². The summed E-state index contributed by atoms with van der Waals surface area (Å²) in [4.78, 5) is 0. The van der Waals surface area contributed by atoms with E-state index < -0.39 is 5.60 Å². The molecule has 0 aromatic heterocycles. The molecule has 2 rings (SSSR count). The summed E-state index contributed by atoms with van der Waals surface area (Å²) in [6.07, 6.45) is 9.95. The molecule has 2 aliphatic rings. The van der Waals surface area contributed by atoms with E-state index >= 15 is 0 Å². The molecule has 0 saturated heterocycles. The van der Waals surface area contributed by atoms with Crippen molar-refractivity contribution in [1.82, 2.24) is 0 Å². The van der Waals surface area contributed by atoms with Gasteiger partial charge in [0.1, 0.15) is 0 Å². The first-order chi connectivity index (χ1) is 7.18. The van der Waals surface area contributed by atoms with Gasteiger partial charge in [0.15, 0.2) is 0 Å². The van der Waals surface area contributed by atoms with Crippen LogP contribution in [0.1, 0.15) is 58.3 Å². The van der Waals surface area contributed by atoms with Crippen LogP contribution in [0.5, 0.6) is 0 Å².